The van der Waals surface area contributed by atoms with Gasteiger partial charge in [-0.15, -0.1) is 0 Å². The van der Waals surface area contributed by atoms with E-state index in [1.807, 2.05) is 91.1 Å². The highest BCUT2D eigenvalue weighted by Gasteiger charge is 2.32. The molecule has 9 nitrogen and oxygen atoms in total. The summed E-state index contributed by atoms with van der Waals surface area (Å²) in [4.78, 5) is 57.9. The zero-order chi connectivity index (χ0) is 27.9. The number of carbonyl (C=O) groups excluding carboxylic acids is 4. The summed E-state index contributed by atoms with van der Waals surface area (Å²) in [6.45, 7) is 0.0554. The minimum atomic E-state index is -0.874. The molecule has 4 amide bonds. The zero-order valence-electron chi connectivity index (χ0n) is 22.0. The van der Waals surface area contributed by atoms with Gasteiger partial charge in [-0.05, 0) is 22.8 Å². The van der Waals surface area contributed by atoms with Crippen LogP contribution in [0.3, 0.4) is 0 Å². The third kappa shape index (κ3) is 6.55. The van der Waals surface area contributed by atoms with Gasteiger partial charge in [0.15, 0.2) is 0 Å². The predicted octanol–water partition coefficient (Wildman–Crippen LogP) is 2.38. The molecule has 1 aromatic heterocycles. The smallest absolute Gasteiger partial charge is 0.243 e. The molecule has 204 valence electrons. The Bertz CT molecular complexity index is 1500. The fourth-order valence-corrected chi connectivity index (χ4v) is 4.85. The highest BCUT2D eigenvalue weighted by atomic mass is 16.2. The first-order valence-electron chi connectivity index (χ1n) is 13.2. The van der Waals surface area contributed by atoms with Gasteiger partial charge in [0.1, 0.15) is 25.7 Å². The minimum absolute atomic E-state index is 0.0999. The molecule has 3 N–H and O–H groups in total. The van der Waals surface area contributed by atoms with Gasteiger partial charge < -0.3 is 25.4 Å². The normalized spacial score (nSPS) is 14.3. The summed E-state index contributed by atoms with van der Waals surface area (Å²) in [7, 11) is 0. The van der Waals surface area contributed by atoms with E-state index in [2.05, 4.69) is 15.6 Å². The first-order chi connectivity index (χ1) is 19.5. The van der Waals surface area contributed by atoms with Crippen molar-refractivity contribution in [1.82, 2.24) is 25.4 Å². The van der Waals surface area contributed by atoms with Gasteiger partial charge >= 0.3 is 0 Å². The lowest BCUT2D eigenvalue weighted by molar-refractivity contribution is -0.152. The molecule has 2 heterocycles. The number of amides is 4. The number of nitrogens with one attached hydrogen (secondary N) is 3. The number of aromatic nitrogens is 1. The number of carbonyl (C=O) groups is 4. The predicted molar refractivity (Wildman–Crippen MR) is 151 cm³/mol. The Kier molecular flexibility index (Phi) is 8.20. The fourth-order valence-electron chi connectivity index (χ4n) is 4.85. The fraction of sp³-hybridized carbons (Fsp3) is 0.226. The molecule has 40 heavy (non-hydrogen) atoms. The van der Waals surface area contributed by atoms with Gasteiger partial charge in [-0.3, -0.25) is 19.2 Å². The van der Waals surface area contributed by atoms with Crippen molar-refractivity contribution in [2.45, 2.75) is 25.6 Å². The van der Waals surface area contributed by atoms with Crippen LogP contribution in [0.4, 0.5) is 0 Å². The number of rotatable bonds is 10. The second kappa shape index (κ2) is 12.3. The molecule has 1 saturated heterocycles. The van der Waals surface area contributed by atoms with Crippen molar-refractivity contribution in [2.24, 2.45) is 0 Å². The molecule has 0 bridgehead atoms. The molecule has 1 unspecified atom stereocenters. The van der Waals surface area contributed by atoms with Crippen LogP contribution in [0.1, 0.15) is 16.7 Å². The van der Waals surface area contributed by atoms with E-state index in [0.29, 0.717) is 13.1 Å². The van der Waals surface area contributed by atoms with Crippen LogP contribution in [0.2, 0.25) is 0 Å². The molecule has 0 radical (unpaired) electrons. The molecular weight excluding hydrogens is 506 g/mol. The van der Waals surface area contributed by atoms with Crippen LogP contribution in [-0.2, 0) is 38.7 Å². The van der Waals surface area contributed by atoms with Crippen molar-refractivity contribution < 1.29 is 19.2 Å². The average molecular weight is 538 g/mol. The van der Waals surface area contributed by atoms with Crippen LogP contribution in [0.15, 0.2) is 91.1 Å². The van der Waals surface area contributed by atoms with E-state index >= 15 is 0 Å². The monoisotopic (exact) mass is 537 g/mol. The summed E-state index contributed by atoms with van der Waals surface area (Å²) in [6, 6.07) is 25.8. The number of hydrogen-bond acceptors (Lipinski definition) is 4. The lowest BCUT2D eigenvalue weighted by Crippen LogP contribution is -2.57. The quantitative estimate of drug-likeness (QED) is 0.288. The Morgan fingerprint density at radius 2 is 1.43 bits per heavy atom. The number of aromatic amines is 1. The van der Waals surface area contributed by atoms with Crippen LogP contribution in [0, 0.1) is 0 Å². The van der Waals surface area contributed by atoms with Crippen LogP contribution >= 0.6 is 0 Å². The third-order valence-electron chi connectivity index (χ3n) is 6.97. The van der Waals surface area contributed by atoms with Crippen LogP contribution in [0.25, 0.3) is 10.9 Å². The lowest BCUT2D eigenvalue weighted by Gasteiger charge is -2.33. The first-order valence-corrected chi connectivity index (χ1v) is 13.2. The van der Waals surface area contributed by atoms with Crippen LogP contribution in [0.5, 0.6) is 0 Å². The molecule has 1 atom stereocenters. The molecular formula is C31H31N5O4. The number of hydrogen-bond donors (Lipinski definition) is 3. The van der Waals surface area contributed by atoms with Gasteiger partial charge in [0.25, 0.3) is 0 Å². The second-order valence-electron chi connectivity index (χ2n) is 9.87. The minimum Gasteiger partial charge on any atom is -0.361 e. The molecule has 0 saturated carbocycles. The number of benzene rings is 3. The lowest BCUT2D eigenvalue weighted by atomic mass is 10.0. The van der Waals surface area contributed by atoms with Crippen molar-refractivity contribution >= 4 is 34.5 Å². The molecule has 0 spiro atoms. The maximum absolute atomic E-state index is 13.3. The Hall–Kier alpha value is -4.92. The van der Waals surface area contributed by atoms with Crippen molar-refractivity contribution in [3.05, 3.63) is 108 Å². The number of para-hydroxylation sites is 1. The largest absolute Gasteiger partial charge is 0.361 e. The standard InChI is InChI=1S/C31H31N5O4/c37-28(19-36-21-29(38)35(20-30(36)39)18-23-11-5-2-6-12-23)34-27(31(40)33-16-22-9-3-1-4-10-22)15-24-17-32-26-14-8-7-13-25(24)26/h1-14,17,27,32H,15-16,18-21H2,(H,33,40)(H,34,37). The van der Waals surface area contributed by atoms with Crippen molar-refractivity contribution in [3.63, 3.8) is 0 Å². The number of nitrogens with zero attached hydrogens (tertiary/aromatic N) is 2. The summed E-state index contributed by atoms with van der Waals surface area (Å²) in [6.07, 6.45) is 2.09. The van der Waals surface area contributed by atoms with Crippen LogP contribution in [-0.4, -0.2) is 64.1 Å². The molecule has 1 fully saturated rings. The third-order valence-corrected chi connectivity index (χ3v) is 6.97. The van der Waals surface area contributed by atoms with E-state index in [4.69, 9.17) is 0 Å². The van der Waals surface area contributed by atoms with Gasteiger partial charge in [-0.1, -0.05) is 78.9 Å². The van der Waals surface area contributed by atoms with Crippen molar-refractivity contribution in [2.75, 3.05) is 19.6 Å². The SMILES string of the molecule is O=C(CN1CC(=O)N(Cc2ccccc2)CC1=O)NC(Cc1c[nH]c2ccccc12)C(=O)NCc1ccccc1. The second-order valence-corrected chi connectivity index (χ2v) is 9.87. The van der Waals surface area contributed by atoms with Gasteiger partial charge in [0.05, 0.1) is 0 Å². The molecule has 5 rings (SSSR count). The molecule has 0 aliphatic carbocycles. The van der Waals surface area contributed by atoms with E-state index in [1.54, 1.807) is 0 Å². The maximum Gasteiger partial charge on any atom is 0.243 e. The first kappa shape index (κ1) is 26.7. The van der Waals surface area contributed by atoms with Crippen LogP contribution < -0.4 is 10.6 Å². The van der Waals surface area contributed by atoms with Crippen molar-refractivity contribution in [1.29, 1.82) is 0 Å². The summed E-state index contributed by atoms with van der Waals surface area (Å²) >= 11 is 0. The molecule has 1 aliphatic heterocycles. The van der Waals surface area contributed by atoms with Gasteiger partial charge in [-0.25, -0.2) is 0 Å². The van der Waals surface area contributed by atoms with E-state index in [9.17, 15) is 19.2 Å². The molecule has 9 heteroatoms. The van der Waals surface area contributed by atoms with Gasteiger partial charge in [0, 0.05) is 36.6 Å². The summed E-state index contributed by atoms with van der Waals surface area (Å²) < 4.78 is 0. The van der Waals surface area contributed by atoms with Crippen molar-refractivity contribution in [3.8, 4) is 0 Å². The Morgan fingerprint density at radius 3 is 2.17 bits per heavy atom. The highest BCUT2D eigenvalue weighted by Crippen LogP contribution is 2.19. The zero-order valence-corrected chi connectivity index (χ0v) is 22.0. The summed E-state index contributed by atoms with van der Waals surface area (Å²) in [5.41, 5.74) is 3.68. The van der Waals surface area contributed by atoms with Gasteiger partial charge in [-0.2, -0.15) is 0 Å². The summed E-state index contributed by atoms with van der Waals surface area (Å²) in [5, 5.41) is 6.68. The number of H-pyrrole nitrogens is 1. The topological polar surface area (TPSA) is 115 Å². The molecule has 3 aromatic carbocycles. The van der Waals surface area contributed by atoms with E-state index in [-0.39, 0.29) is 43.8 Å². The number of fused-ring (bicyclic) bond motifs is 1. The van der Waals surface area contributed by atoms with Gasteiger partial charge in [0.2, 0.25) is 23.6 Å². The number of piperazine rings is 1. The Labute approximate surface area is 232 Å². The molecule has 1 aliphatic rings. The summed E-state index contributed by atoms with van der Waals surface area (Å²) in [5.74, 6) is -1.38. The Morgan fingerprint density at radius 1 is 0.800 bits per heavy atom. The van der Waals surface area contributed by atoms with E-state index < -0.39 is 11.9 Å². The van der Waals surface area contributed by atoms with E-state index in [1.165, 1.54) is 9.80 Å². The average Bonchev–Trinajstić information content (AvgIpc) is 3.38. The maximum atomic E-state index is 13.3. The highest BCUT2D eigenvalue weighted by molar-refractivity contribution is 5.96. The van der Waals surface area contributed by atoms with E-state index in [0.717, 1.165) is 27.6 Å². The molecule has 4 aromatic rings. The Balaban J connectivity index is 1.24.